The van der Waals surface area contributed by atoms with Crippen molar-refractivity contribution >= 4 is 15.9 Å². The summed E-state index contributed by atoms with van der Waals surface area (Å²) < 4.78 is 11.9. The van der Waals surface area contributed by atoms with Crippen molar-refractivity contribution in [3.05, 3.63) is 22.7 Å². The molecular weight excluding hydrogens is 268 g/mol. The number of hydrogen-bond donors (Lipinski definition) is 0. The summed E-state index contributed by atoms with van der Waals surface area (Å²) in [5, 5.41) is 0. The minimum atomic E-state index is 0.757. The molecule has 0 fully saturated rings. The van der Waals surface area contributed by atoms with Crippen molar-refractivity contribution in [1.29, 1.82) is 0 Å². The Labute approximate surface area is 106 Å². The zero-order valence-corrected chi connectivity index (χ0v) is 11.5. The minimum Gasteiger partial charge on any atom is -0.493 e. The molecule has 16 heavy (non-hydrogen) atoms. The molecule has 1 aromatic rings. The second kappa shape index (κ2) is 7.55. The zero-order chi connectivity index (χ0) is 11.8. The van der Waals surface area contributed by atoms with Crippen molar-refractivity contribution in [3.63, 3.8) is 0 Å². The lowest BCUT2D eigenvalue weighted by molar-refractivity contribution is 0.285. The summed E-state index contributed by atoms with van der Waals surface area (Å²) in [7, 11) is 1.66. The van der Waals surface area contributed by atoms with E-state index in [1.54, 1.807) is 7.11 Å². The van der Waals surface area contributed by atoms with E-state index in [-0.39, 0.29) is 0 Å². The van der Waals surface area contributed by atoms with E-state index < -0.39 is 0 Å². The minimum absolute atomic E-state index is 0.757. The predicted molar refractivity (Wildman–Crippen MR) is 70.3 cm³/mol. The van der Waals surface area contributed by atoms with Crippen LogP contribution < -0.4 is 9.47 Å². The topological polar surface area (TPSA) is 18.5 Å². The highest BCUT2D eigenvalue weighted by Crippen LogP contribution is 2.30. The molecule has 0 spiro atoms. The van der Waals surface area contributed by atoms with Crippen LogP contribution in [0.2, 0.25) is 0 Å². The van der Waals surface area contributed by atoms with E-state index in [0.29, 0.717) is 0 Å². The summed E-state index contributed by atoms with van der Waals surface area (Å²) >= 11 is 3.42. The third kappa shape index (κ3) is 4.44. The Morgan fingerprint density at radius 3 is 2.62 bits per heavy atom. The standard InChI is InChI=1S/C13H19BrO2/c1-3-4-5-6-9-16-13-10-11(14)7-8-12(13)15-2/h7-8,10H,3-6,9H2,1-2H3. The van der Waals surface area contributed by atoms with Crippen LogP contribution in [0.15, 0.2) is 22.7 Å². The van der Waals surface area contributed by atoms with Gasteiger partial charge in [0.15, 0.2) is 11.5 Å². The van der Waals surface area contributed by atoms with Crippen molar-refractivity contribution in [2.24, 2.45) is 0 Å². The summed E-state index contributed by atoms with van der Waals surface area (Å²) in [4.78, 5) is 0. The Morgan fingerprint density at radius 2 is 1.94 bits per heavy atom. The largest absolute Gasteiger partial charge is 0.493 e. The van der Waals surface area contributed by atoms with Gasteiger partial charge < -0.3 is 9.47 Å². The molecule has 0 atom stereocenters. The number of unbranched alkanes of at least 4 members (excludes halogenated alkanes) is 3. The van der Waals surface area contributed by atoms with E-state index >= 15 is 0 Å². The van der Waals surface area contributed by atoms with Crippen molar-refractivity contribution < 1.29 is 9.47 Å². The summed E-state index contributed by atoms with van der Waals surface area (Å²) in [5.74, 6) is 1.60. The molecule has 0 aromatic heterocycles. The summed E-state index contributed by atoms with van der Waals surface area (Å²) in [5.41, 5.74) is 0. The van der Waals surface area contributed by atoms with Crippen LogP contribution in [-0.2, 0) is 0 Å². The molecule has 1 aromatic carbocycles. The van der Waals surface area contributed by atoms with Gasteiger partial charge in [-0.1, -0.05) is 42.1 Å². The highest BCUT2D eigenvalue weighted by Gasteiger charge is 2.04. The van der Waals surface area contributed by atoms with Gasteiger partial charge in [-0.3, -0.25) is 0 Å². The van der Waals surface area contributed by atoms with Crippen LogP contribution in [0, 0.1) is 0 Å². The fourth-order valence-corrected chi connectivity index (χ4v) is 1.81. The van der Waals surface area contributed by atoms with Gasteiger partial charge in [-0.15, -0.1) is 0 Å². The molecule has 0 amide bonds. The molecule has 0 aliphatic carbocycles. The molecule has 0 bridgehead atoms. The summed E-state index contributed by atoms with van der Waals surface area (Å²) in [6.45, 7) is 2.96. The van der Waals surface area contributed by atoms with Gasteiger partial charge in [0.2, 0.25) is 0 Å². The molecule has 0 aliphatic rings. The SMILES string of the molecule is CCCCCCOc1cc(Br)ccc1OC. The maximum absolute atomic E-state index is 5.70. The number of hydrogen-bond acceptors (Lipinski definition) is 2. The number of ether oxygens (including phenoxy) is 2. The summed E-state index contributed by atoms with van der Waals surface area (Å²) in [6.07, 6.45) is 4.86. The number of methoxy groups -OCH3 is 1. The van der Waals surface area contributed by atoms with Gasteiger partial charge in [0.1, 0.15) is 0 Å². The molecule has 90 valence electrons. The van der Waals surface area contributed by atoms with E-state index in [4.69, 9.17) is 9.47 Å². The van der Waals surface area contributed by atoms with Crippen LogP contribution in [0.5, 0.6) is 11.5 Å². The van der Waals surface area contributed by atoms with Crippen LogP contribution in [-0.4, -0.2) is 13.7 Å². The first-order valence-corrected chi connectivity index (χ1v) is 6.53. The number of benzene rings is 1. The fourth-order valence-electron chi connectivity index (χ4n) is 1.47. The van der Waals surface area contributed by atoms with Crippen LogP contribution in [0.3, 0.4) is 0 Å². The molecular formula is C13H19BrO2. The molecule has 0 unspecified atom stereocenters. The first-order valence-electron chi connectivity index (χ1n) is 5.74. The van der Waals surface area contributed by atoms with Crippen molar-refractivity contribution in [2.45, 2.75) is 32.6 Å². The van der Waals surface area contributed by atoms with Gasteiger partial charge in [0.05, 0.1) is 13.7 Å². The first kappa shape index (κ1) is 13.4. The molecule has 0 saturated carbocycles. The third-order valence-electron chi connectivity index (χ3n) is 2.38. The van der Waals surface area contributed by atoms with Gasteiger partial charge in [0.25, 0.3) is 0 Å². The third-order valence-corrected chi connectivity index (χ3v) is 2.87. The van der Waals surface area contributed by atoms with Crippen LogP contribution in [0.4, 0.5) is 0 Å². The molecule has 3 heteroatoms. The van der Waals surface area contributed by atoms with E-state index in [2.05, 4.69) is 22.9 Å². The Bertz CT molecular complexity index is 313. The Morgan fingerprint density at radius 1 is 1.12 bits per heavy atom. The highest BCUT2D eigenvalue weighted by atomic mass is 79.9. The smallest absolute Gasteiger partial charge is 0.162 e. The molecule has 0 N–H and O–H groups in total. The van der Waals surface area contributed by atoms with Crippen molar-refractivity contribution in [2.75, 3.05) is 13.7 Å². The zero-order valence-electron chi connectivity index (χ0n) is 9.96. The Hall–Kier alpha value is -0.700. The van der Waals surface area contributed by atoms with Gasteiger partial charge in [0, 0.05) is 4.47 Å². The lowest BCUT2D eigenvalue weighted by Crippen LogP contribution is -1.99. The molecule has 2 nitrogen and oxygen atoms in total. The summed E-state index contributed by atoms with van der Waals surface area (Å²) in [6, 6.07) is 5.80. The van der Waals surface area contributed by atoms with E-state index in [0.717, 1.165) is 29.0 Å². The van der Waals surface area contributed by atoms with Gasteiger partial charge >= 0.3 is 0 Å². The van der Waals surface area contributed by atoms with Gasteiger partial charge in [-0.2, -0.15) is 0 Å². The molecule has 0 aliphatic heterocycles. The predicted octanol–water partition coefficient (Wildman–Crippen LogP) is 4.42. The Balaban J connectivity index is 2.42. The second-order valence-corrected chi connectivity index (χ2v) is 4.62. The van der Waals surface area contributed by atoms with Crippen LogP contribution in [0.1, 0.15) is 32.6 Å². The lowest BCUT2D eigenvalue weighted by Gasteiger charge is -2.10. The molecule has 0 radical (unpaired) electrons. The quantitative estimate of drug-likeness (QED) is 0.691. The van der Waals surface area contributed by atoms with Crippen LogP contribution in [0.25, 0.3) is 0 Å². The van der Waals surface area contributed by atoms with Crippen LogP contribution >= 0.6 is 15.9 Å². The molecule has 1 rings (SSSR count). The van der Waals surface area contributed by atoms with Crippen molar-refractivity contribution in [1.82, 2.24) is 0 Å². The maximum atomic E-state index is 5.70. The normalized spacial score (nSPS) is 10.2. The monoisotopic (exact) mass is 286 g/mol. The van der Waals surface area contributed by atoms with E-state index in [1.165, 1.54) is 19.3 Å². The second-order valence-electron chi connectivity index (χ2n) is 3.70. The van der Waals surface area contributed by atoms with Gasteiger partial charge in [-0.05, 0) is 24.6 Å². The van der Waals surface area contributed by atoms with Gasteiger partial charge in [-0.25, -0.2) is 0 Å². The van der Waals surface area contributed by atoms with Crippen molar-refractivity contribution in [3.8, 4) is 11.5 Å². The molecule has 0 heterocycles. The number of halogens is 1. The lowest BCUT2D eigenvalue weighted by atomic mass is 10.2. The average Bonchev–Trinajstić information content (AvgIpc) is 2.29. The van der Waals surface area contributed by atoms with E-state index in [9.17, 15) is 0 Å². The Kier molecular flexibility index (Phi) is 6.31. The average molecular weight is 287 g/mol. The maximum Gasteiger partial charge on any atom is 0.162 e. The molecule has 0 saturated heterocycles. The number of rotatable bonds is 7. The highest BCUT2D eigenvalue weighted by molar-refractivity contribution is 9.10. The first-order chi connectivity index (χ1) is 7.77. The van der Waals surface area contributed by atoms with E-state index in [1.807, 2.05) is 18.2 Å². The fraction of sp³-hybridized carbons (Fsp3) is 0.538.